The second-order valence-corrected chi connectivity index (χ2v) is 10.5. The summed E-state index contributed by atoms with van der Waals surface area (Å²) in [7, 11) is 0. The van der Waals surface area contributed by atoms with Crippen molar-refractivity contribution in [2.75, 3.05) is 5.73 Å². The predicted molar refractivity (Wildman–Crippen MR) is 188 cm³/mol. The second kappa shape index (κ2) is 24.4. The molecule has 2 nitrogen and oxygen atoms in total. The molecule has 0 aliphatic heterocycles. The van der Waals surface area contributed by atoms with Crippen LogP contribution in [0.5, 0.6) is 0 Å². The molecule has 2 aromatic rings. The molecule has 4 heteroatoms. The quantitative estimate of drug-likeness (QED) is 0.135. The SMILES string of the molecule is C=C(C)CC(/C=C\C)=C/C.C=C(C=C(C)C)c1ccccc1N.CC(C)=C(C=N)SF.CCc1cccc(CC)c1. The number of nitrogen functional groups attached to an aromatic ring is 1. The number of anilines is 1. The van der Waals surface area contributed by atoms with Crippen molar-refractivity contribution in [1.29, 1.82) is 5.41 Å². The molecule has 2 aromatic carbocycles. The van der Waals surface area contributed by atoms with Gasteiger partial charge in [0.2, 0.25) is 0 Å². The van der Waals surface area contributed by atoms with Crippen LogP contribution >= 0.6 is 12.1 Å². The number of nitrogens with one attached hydrogen (secondary N) is 1. The van der Waals surface area contributed by atoms with Crippen molar-refractivity contribution in [2.45, 2.75) is 81.6 Å². The van der Waals surface area contributed by atoms with E-state index in [1.54, 1.807) is 13.8 Å². The fraction of sp³-hybridized carbons (Fsp3) is 0.324. The minimum Gasteiger partial charge on any atom is -0.398 e. The molecule has 0 unspecified atom stereocenters. The maximum Gasteiger partial charge on any atom is 0.0827 e. The number of rotatable bonds is 9. The van der Waals surface area contributed by atoms with Gasteiger partial charge in [-0.05, 0) is 96.1 Å². The van der Waals surface area contributed by atoms with Crippen LogP contribution in [0.3, 0.4) is 0 Å². The number of hydrogen-bond donors (Lipinski definition) is 2. The average molecular weight is 577 g/mol. The molecule has 0 spiro atoms. The number of allylic oxidation sites excluding steroid dienone is 10. The highest BCUT2D eigenvalue weighted by atomic mass is 32.2. The van der Waals surface area contributed by atoms with Crippen molar-refractivity contribution in [1.82, 2.24) is 0 Å². The molecule has 0 amide bonds. The summed E-state index contributed by atoms with van der Waals surface area (Å²) in [5.41, 5.74) is 16.1. The van der Waals surface area contributed by atoms with Gasteiger partial charge in [-0.15, -0.1) is 0 Å². The number of aryl methyl sites for hydroxylation is 2. The number of halogens is 1. The number of hydrogen-bond acceptors (Lipinski definition) is 3. The Labute approximate surface area is 255 Å². The molecule has 0 fully saturated rings. The third-order valence-electron chi connectivity index (χ3n) is 5.54. The van der Waals surface area contributed by atoms with Gasteiger partial charge < -0.3 is 11.1 Å². The fourth-order valence-corrected chi connectivity index (χ4v) is 3.55. The summed E-state index contributed by atoms with van der Waals surface area (Å²) in [6, 6.07) is 16.5. The molecular weight excluding hydrogens is 523 g/mol. The second-order valence-electron chi connectivity index (χ2n) is 9.94. The summed E-state index contributed by atoms with van der Waals surface area (Å²) in [6.45, 7) is 26.0. The number of para-hydroxylation sites is 1. The van der Waals surface area contributed by atoms with Gasteiger partial charge in [0.1, 0.15) is 0 Å². The van der Waals surface area contributed by atoms with E-state index in [1.165, 1.54) is 27.8 Å². The molecule has 0 saturated carbocycles. The first kappa shape index (κ1) is 39.8. The largest absolute Gasteiger partial charge is 0.398 e. The first-order valence-electron chi connectivity index (χ1n) is 14.1. The Hall–Kier alpha value is -3.37. The van der Waals surface area contributed by atoms with Gasteiger partial charge >= 0.3 is 0 Å². The maximum atomic E-state index is 11.6. The van der Waals surface area contributed by atoms with E-state index in [0.29, 0.717) is 4.91 Å². The lowest BCUT2D eigenvalue weighted by molar-refractivity contribution is 0.945. The molecule has 0 aliphatic rings. The highest BCUT2D eigenvalue weighted by Gasteiger charge is 1.99. The molecule has 0 radical (unpaired) electrons. The first-order chi connectivity index (χ1) is 19.4. The Morgan fingerprint density at radius 1 is 0.927 bits per heavy atom. The Morgan fingerprint density at radius 2 is 1.49 bits per heavy atom. The summed E-state index contributed by atoms with van der Waals surface area (Å²) >= 11 is 0.115. The summed E-state index contributed by atoms with van der Waals surface area (Å²) in [4.78, 5) is 0.394. The highest BCUT2D eigenvalue weighted by molar-refractivity contribution is 7.99. The number of nitrogens with two attached hydrogens (primary N) is 1. The molecular formula is C37H53FN2S. The van der Waals surface area contributed by atoms with E-state index in [4.69, 9.17) is 11.1 Å². The molecule has 0 aliphatic carbocycles. The topological polar surface area (TPSA) is 49.9 Å². The van der Waals surface area contributed by atoms with Crippen molar-refractivity contribution in [3.8, 4) is 0 Å². The van der Waals surface area contributed by atoms with Crippen LogP contribution in [-0.2, 0) is 12.8 Å². The Bertz CT molecular complexity index is 1170. The highest BCUT2D eigenvalue weighted by Crippen LogP contribution is 2.21. The third kappa shape index (κ3) is 20.2. The van der Waals surface area contributed by atoms with Crippen LogP contribution in [-0.4, -0.2) is 6.21 Å². The molecule has 0 atom stereocenters. The van der Waals surface area contributed by atoms with Gasteiger partial charge in [-0.2, -0.15) is 3.89 Å². The van der Waals surface area contributed by atoms with Crippen LogP contribution in [0.4, 0.5) is 9.57 Å². The minimum absolute atomic E-state index is 0.115. The van der Waals surface area contributed by atoms with Gasteiger partial charge in [-0.3, -0.25) is 0 Å². The lowest BCUT2D eigenvalue weighted by Crippen LogP contribution is -1.90. The smallest absolute Gasteiger partial charge is 0.0827 e. The molecule has 3 N–H and O–H groups in total. The van der Waals surface area contributed by atoms with E-state index in [2.05, 4.69) is 76.4 Å². The van der Waals surface area contributed by atoms with Gasteiger partial charge in [0.15, 0.2) is 0 Å². The van der Waals surface area contributed by atoms with Crippen LogP contribution < -0.4 is 5.73 Å². The van der Waals surface area contributed by atoms with Crippen molar-refractivity contribution < 1.29 is 3.89 Å². The summed E-state index contributed by atoms with van der Waals surface area (Å²) in [6.07, 6.45) is 12.6. The molecule has 2 rings (SSSR count). The first-order valence-corrected chi connectivity index (χ1v) is 14.8. The van der Waals surface area contributed by atoms with Crippen LogP contribution in [0.2, 0.25) is 0 Å². The Kier molecular flexibility index (Phi) is 23.7. The Balaban J connectivity index is 0. The normalized spacial score (nSPS) is 10.0. The van der Waals surface area contributed by atoms with E-state index in [1.807, 2.05) is 58.0 Å². The van der Waals surface area contributed by atoms with Crippen LogP contribution in [0.1, 0.15) is 85.4 Å². The van der Waals surface area contributed by atoms with Crippen molar-refractivity contribution >= 4 is 29.6 Å². The summed E-state index contributed by atoms with van der Waals surface area (Å²) in [5, 5.41) is 6.65. The average Bonchev–Trinajstić information content (AvgIpc) is 2.94. The zero-order chi connectivity index (χ0) is 31.8. The fourth-order valence-electron chi connectivity index (χ4n) is 3.35. The third-order valence-corrected chi connectivity index (χ3v) is 6.23. The van der Waals surface area contributed by atoms with Gasteiger partial charge in [0.05, 0.1) is 17.1 Å². The summed E-state index contributed by atoms with van der Waals surface area (Å²) < 4.78 is 11.6. The molecule has 0 aromatic heterocycles. The lowest BCUT2D eigenvalue weighted by atomic mass is 10.0. The molecule has 0 saturated heterocycles. The van der Waals surface area contributed by atoms with Crippen molar-refractivity contribution in [2.24, 2.45) is 0 Å². The van der Waals surface area contributed by atoms with E-state index in [9.17, 15) is 3.89 Å². The van der Waals surface area contributed by atoms with E-state index in [-0.39, 0.29) is 12.1 Å². The zero-order valence-electron chi connectivity index (χ0n) is 26.9. The van der Waals surface area contributed by atoms with E-state index < -0.39 is 0 Å². The van der Waals surface area contributed by atoms with Gasteiger partial charge in [-0.1, -0.05) is 110 Å². The van der Waals surface area contributed by atoms with Gasteiger partial charge in [0, 0.05) is 17.5 Å². The molecule has 0 heterocycles. The van der Waals surface area contributed by atoms with E-state index >= 15 is 0 Å². The summed E-state index contributed by atoms with van der Waals surface area (Å²) in [5.74, 6) is 0. The molecule has 0 bridgehead atoms. The minimum atomic E-state index is 0.115. The zero-order valence-corrected chi connectivity index (χ0v) is 27.7. The van der Waals surface area contributed by atoms with Gasteiger partial charge in [-0.25, -0.2) is 0 Å². The molecule has 224 valence electrons. The van der Waals surface area contributed by atoms with Gasteiger partial charge in [0.25, 0.3) is 0 Å². The molecule has 41 heavy (non-hydrogen) atoms. The van der Waals surface area contributed by atoms with Crippen molar-refractivity contribution in [3.63, 3.8) is 0 Å². The lowest BCUT2D eigenvalue weighted by Gasteiger charge is -2.04. The van der Waals surface area contributed by atoms with Crippen LogP contribution in [0.25, 0.3) is 5.57 Å². The maximum absolute atomic E-state index is 11.6. The van der Waals surface area contributed by atoms with Crippen molar-refractivity contribution in [3.05, 3.63) is 130 Å². The number of benzene rings is 2. The predicted octanol–water partition coefficient (Wildman–Crippen LogP) is 12.1. The van der Waals surface area contributed by atoms with E-state index in [0.717, 1.165) is 47.9 Å². The Morgan fingerprint density at radius 3 is 1.83 bits per heavy atom. The standard InChI is InChI=1S/C12H15N.C10H14.C10H16.C5H8FNS/c1-9(2)8-10(3)11-6-4-5-7-12(11)13;1-3-9-6-5-7-10(4-2)8-9;1-5-7-10(6-2)8-9(3)4;1-4(2)5(3-7)8-6/h4-8H,3,13H2,1-2H3;5-8H,3-4H2,1-2H3;5-7H,3,8H2,1-2,4H3;3,7H,1-2H3/b;;7-5-,10-6+;. The monoisotopic (exact) mass is 576 g/mol. The van der Waals surface area contributed by atoms with Crippen LogP contribution in [0, 0.1) is 5.41 Å². The van der Waals surface area contributed by atoms with Crippen LogP contribution in [0.15, 0.2) is 113 Å².